The van der Waals surface area contributed by atoms with Crippen LogP contribution in [0.3, 0.4) is 0 Å². The van der Waals surface area contributed by atoms with E-state index in [0.29, 0.717) is 0 Å². The average Bonchev–Trinajstić information content (AvgIpc) is 2.79. The average molecular weight is 321 g/mol. The van der Waals surface area contributed by atoms with E-state index in [4.69, 9.17) is 0 Å². The lowest BCUT2D eigenvalue weighted by atomic mass is 9.88. The van der Waals surface area contributed by atoms with Gasteiger partial charge in [0, 0.05) is 22.5 Å². The molecule has 0 unspecified atom stereocenters. The van der Waals surface area contributed by atoms with Gasteiger partial charge in [0.25, 0.3) is 5.91 Å². The van der Waals surface area contributed by atoms with Crippen LogP contribution < -0.4 is 5.32 Å². The van der Waals surface area contributed by atoms with Crippen molar-refractivity contribution in [3.63, 3.8) is 0 Å². The lowest BCUT2D eigenvalue weighted by Gasteiger charge is -2.39. The zero-order valence-electron chi connectivity index (χ0n) is 14.0. The first-order valence-corrected chi connectivity index (χ1v) is 9.39. The van der Waals surface area contributed by atoms with Crippen molar-refractivity contribution in [2.75, 3.05) is 26.9 Å². The van der Waals surface area contributed by atoms with Crippen LogP contribution >= 0.6 is 11.8 Å². The Morgan fingerprint density at radius 3 is 2.23 bits per heavy atom. The largest absolute Gasteiger partial charge is 0.350 e. The Morgan fingerprint density at radius 1 is 1.14 bits per heavy atom. The minimum atomic E-state index is 0.0399. The van der Waals surface area contributed by atoms with Crippen molar-refractivity contribution in [3.8, 4) is 0 Å². The first-order chi connectivity index (χ1) is 10.6. The predicted octanol–water partition coefficient (Wildman–Crippen LogP) is 3.79. The Labute approximate surface area is 138 Å². The fraction of sp³-hybridized carbons (Fsp3) is 0.611. The molecule has 0 bridgehead atoms. The molecule has 0 spiro atoms. The summed E-state index contributed by atoms with van der Waals surface area (Å²) in [5, 5.41) is 3.17. The number of rotatable bonds is 5. The van der Waals surface area contributed by atoms with Crippen LogP contribution in [0.5, 0.6) is 0 Å². The molecule has 1 saturated carbocycles. The van der Waals surface area contributed by atoms with Gasteiger partial charge < -0.3 is 10.2 Å². The molecule has 3 nitrogen and oxygen atoms in total. The zero-order chi connectivity index (χ0) is 16.0. The monoisotopic (exact) mass is 320 g/mol. The quantitative estimate of drug-likeness (QED) is 0.662. The third-order valence-corrected chi connectivity index (χ3v) is 5.66. The first kappa shape index (κ1) is 17.4. The summed E-state index contributed by atoms with van der Waals surface area (Å²) >= 11 is 1.69. The van der Waals surface area contributed by atoms with Crippen molar-refractivity contribution in [1.29, 1.82) is 0 Å². The van der Waals surface area contributed by atoms with E-state index >= 15 is 0 Å². The maximum absolute atomic E-state index is 12.4. The number of hydrogen-bond acceptors (Lipinski definition) is 3. The molecule has 0 saturated heterocycles. The van der Waals surface area contributed by atoms with Crippen LogP contribution in [0.2, 0.25) is 0 Å². The highest BCUT2D eigenvalue weighted by Gasteiger charge is 2.33. The second-order valence-electron chi connectivity index (χ2n) is 6.44. The van der Waals surface area contributed by atoms with Gasteiger partial charge in [-0.3, -0.25) is 4.79 Å². The van der Waals surface area contributed by atoms with Crippen molar-refractivity contribution in [2.24, 2.45) is 0 Å². The van der Waals surface area contributed by atoms with Gasteiger partial charge >= 0.3 is 0 Å². The molecule has 2 rings (SSSR count). The number of nitrogens with one attached hydrogen (secondary N) is 1. The second-order valence-corrected chi connectivity index (χ2v) is 7.32. The molecule has 4 heteroatoms. The van der Waals surface area contributed by atoms with Gasteiger partial charge in [0.2, 0.25) is 0 Å². The summed E-state index contributed by atoms with van der Waals surface area (Å²) < 4.78 is 0. The molecule has 122 valence electrons. The number of amides is 1. The maximum Gasteiger partial charge on any atom is 0.251 e. The van der Waals surface area contributed by atoms with Crippen LogP contribution in [0.15, 0.2) is 29.2 Å². The number of hydrogen-bond donors (Lipinski definition) is 1. The second kappa shape index (κ2) is 8.02. The molecular formula is C18H28N2OS. The Hall–Kier alpha value is -1.00. The van der Waals surface area contributed by atoms with E-state index < -0.39 is 0 Å². The van der Waals surface area contributed by atoms with Gasteiger partial charge in [-0.05, 0) is 57.5 Å². The highest BCUT2D eigenvalue weighted by atomic mass is 32.2. The van der Waals surface area contributed by atoms with Crippen LogP contribution in [0, 0.1) is 0 Å². The first-order valence-electron chi connectivity index (χ1n) is 8.17. The van der Waals surface area contributed by atoms with Crippen LogP contribution in [0.4, 0.5) is 0 Å². The van der Waals surface area contributed by atoms with Crippen molar-refractivity contribution in [3.05, 3.63) is 29.8 Å². The summed E-state index contributed by atoms with van der Waals surface area (Å²) in [6.45, 7) is 0.739. The van der Waals surface area contributed by atoms with Gasteiger partial charge in [-0.1, -0.05) is 25.7 Å². The van der Waals surface area contributed by atoms with Crippen LogP contribution in [0.1, 0.15) is 48.9 Å². The van der Waals surface area contributed by atoms with Gasteiger partial charge in [0.05, 0.1) is 0 Å². The van der Waals surface area contributed by atoms with E-state index in [1.807, 2.05) is 30.5 Å². The molecule has 1 aliphatic rings. The molecule has 0 aromatic heterocycles. The number of thioether (sulfide) groups is 1. The molecule has 1 aliphatic carbocycles. The van der Waals surface area contributed by atoms with Crippen molar-refractivity contribution < 1.29 is 4.79 Å². The summed E-state index contributed by atoms with van der Waals surface area (Å²) in [5.74, 6) is 0.0399. The highest BCUT2D eigenvalue weighted by molar-refractivity contribution is 7.98. The van der Waals surface area contributed by atoms with Crippen molar-refractivity contribution in [1.82, 2.24) is 10.2 Å². The van der Waals surface area contributed by atoms with E-state index in [1.165, 1.54) is 43.4 Å². The Bertz CT molecular complexity index is 476. The lowest BCUT2D eigenvalue weighted by Crippen LogP contribution is -2.52. The third-order valence-electron chi connectivity index (χ3n) is 4.91. The van der Waals surface area contributed by atoms with Gasteiger partial charge in [0.15, 0.2) is 0 Å². The van der Waals surface area contributed by atoms with Crippen molar-refractivity contribution >= 4 is 17.7 Å². The summed E-state index contributed by atoms with van der Waals surface area (Å²) in [6.07, 6.45) is 9.55. The van der Waals surface area contributed by atoms with Crippen LogP contribution in [-0.4, -0.2) is 43.2 Å². The van der Waals surface area contributed by atoms with E-state index in [-0.39, 0.29) is 11.4 Å². The molecule has 1 N–H and O–H groups in total. The SMILES string of the molecule is CSc1ccc(C(=O)NCC2(N(C)C)CCCCCC2)cc1. The maximum atomic E-state index is 12.4. The fourth-order valence-electron chi connectivity index (χ4n) is 3.26. The Morgan fingerprint density at radius 2 is 1.73 bits per heavy atom. The minimum absolute atomic E-state index is 0.0399. The minimum Gasteiger partial charge on any atom is -0.350 e. The standard InChI is InChI=1S/C18H28N2OS/c1-20(2)18(12-6-4-5-7-13-18)14-19-17(21)15-8-10-16(22-3)11-9-15/h8-11H,4-7,12-14H2,1-3H3,(H,19,21). The van der Waals surface area contributed by atoms with E-state index in [0.717, 1.165) is 12.1 Å². The number of benzene rings is 1. The van der Waals surface area contributed by atoms with E-state index in [1.54, 1.807) is 11.8 Å². The number of nitrogens with zero attached hydrogens (tertiary/aromatic N) is 1. The van der Waals surface area contributed by atoms with Gasteiger partial charge in [0.1, 0.15) is 0 Å². The summed E-state index contributed by atoms with van der Waals surface area (Å²) in [4.78, 5) is 15.9. The third kappa shape index (κ3) is 4.26. The molecule has 0 aliphatic heterocycles. The highest BCUT2D eigenvalue weighted by Crippen LogP contribution is 2.30. The number of likely N-dealkylation sites (N-methyl/N-ethyl adjacent to an activating group) is 1. The van der Waals surface area contributed by atoms with E-state index in [2.05, 4.69) is 24.3 Å². The molecule has 22 heavy (non-hydrogen) atoms. The van der Waals surface area contributed by atoms with Gasteiger partial charge in [-0.2, -0.15) is 0 Å². The van der Waals surface area contributed by atoms with E-state index in [9.17, 15) is 4.79 Å². The summed E-state index contributed by atoms with van der Waals surface area (Å²) in [7, 11) is 4.29. The topological polar surface area (TPSA) is 32.3 Å². The molecule has 0 heterocycles. The Kier molecular flexibility index (Phi) is 6.33. The smallest absolute Gasteiger partial charge is 0.251 e. The molecule has 1 aromatic rings. The van der Waals surface area contributed by atoms with Gasteiger partial charge in [-0.15, -0.1) is 11.8 Å². The lowest BCUT2D eigenvalue weighted by molar-refractivity contribution is 0.0869. The fourth-order valence-corrected chi connectivity index (χ4v) is 3.67. The van der Waals surface area contributed by atoms with Gasteiger partial charge in [-0.25, -0.2) is 0 Å². The number of carbonyl (C=O) groups is 1. The normalized spacial score (nSPS) is 18.0. The predicted molar refractivity (Wildman–Crippen MR) is 94.7 cm³/mol. The molecule has 0 radical (unpaired) electrons. The Balaban J connectivity index is 2.00. The summed E-state index contributed by atoms with van der Waals surface area (Å²) in [6, 6.07) is 7.84. The molecule has 1 amide bonds. The molecular weight excluding hydrogens is 292 g/mol. The van der Waals surface area contributed by atoms with Crippen molar-refractivity contribution in [2.45, 2.75) is 49.0 Å². The molecule has 1 aromatic carbocycles. The molecule has 1 fully saturated rings. The number of carbonyl (C=O) groups excluding carboxylic acids is 1. The zero-order valence-corrected chi connectivity index (χ0v) is 14.8. The van der Waals surface area contributed by atoms with Crippen LogP contribution in [0.25, 0.3) is 0 Å². The van der Waals surface area contributed by atoms with Crippen LogP contribution in [-0.2, 0) is 0 Å². The summed E-state index contributed by atoms with van der Waals surface area (Å²) in [5.41, 5.74) is 0.867. The molecule has 0 atom stereocenters.